The number of piperazine rings is 1. The minimum Gasteiger partial charge on any atom is -0.479 e. The first-order valence-electron chi connectivity index (χ1n) is 10.2. The maximum absolute atomic E-state index is 13.0. The summed E-state index contributed by atoms with van der Waals surface area (Å²) >= 11 is 6.44. The Kier molecular flexibility index (Phi) is 4.89. The number of halogens is 1. The van der Waals surface area contributed by atoms with Gasteiger partial charge in [-0.1, -0.05) is 11.6 Å². The molecule has 4 heterocycles. The highest BCUT2D eigenvalue weighted by Gasteiger charge is 2.35. The number of rotatable bonds is 3. The van der Waals surface area contributed by atoms with Crippen molar-refractivity contribution < 1.29 is 14.6 Å². The van der Waals surface area contributed by atoms with Gasteiger partial charge >= 0.3 is 0 Å². The summed E-state index contributed by atoms with van der Waals surface area (Å²) in [4.78, 5) is 22.4. The van der Waals surface area contributed by atoms with E-state index in [1.54, 1.807) is 13.1 Å². The van der Waals surface area contributed by atoms with Gasteiger partial charge < -0.3 is 25.0 Å². The highest BCUT2D eigenvalue weighted by Crippen LogP contribution is 2.43. The number of aliphatic hydroxyl groups is 1. The number of carbonyl (C=O) groups is 1. The fourth-order valence-electron chi connectivity index (χ4n) is 4.26. The Labute approximate surface area is 179 Å². The summed E-state index contributed by atoms with van der Waals surface area (Å²) in [6, 6.07) is 7.54. The van der Waals surface area contributed by atoms with Crippen molar-refractivity contribution in [1.82, 2.24) is 20.2 Å². The smallest absolute Gasteiger partial charge is 0.264 e. The minimum atomic E-state index is -0.630. The molecule has 2 aliphatic rings. The number of benzene rings is 1. The third kappa shape index (κ3) is 3.33. The van der Waals surface area contributed by atoms with Crippen LogP contribution in [0.4, 0.5) is 0 Å². The van der Waals surface area contributed by atoms with Crippen LogP contribution < -0.4 is 10.1 Å². The molecule has 2 aliphatic heterocycles. The van der Waals surface area contributed by atoms with Gasteiger partial charge in [-0.25, -0.2) is 4.98 Å². The number of pyridine rings is 1. The van der Waals surface area contributed by atoms with E-state index in [0.29, 0.717) is 41.6 Å². The second-order valence-corrected chi connectivity index (χ2v) is 8.29. The molecule has 8 heteroatoms. The molecule has 1 unspecified atom stereocenters. The first-order valence-corrected chi connectivity index (χ1v) is 10.5. The van der Waals surface area contributed by atoms with Crippen LogP contribution >= 0.6 is 11.6 Å². The highest BCUT2D eigenvalue weighted by atomic mass is 35.5. The summed E-state index contributed by atoms with van der Waals surface area (Å²) in [6.07, 6.45) is 1.05. The molecule has 30 heavy (non-hydrogen) atoms. The van der Waals surface area contributed by atoms with Crippen molar-refractivity contribution in [1.29, 1.82) is 0 Å². The van der Waals surface area contributed by atoms with Gasteiger partial charge in [0.15, 0.2) is 6.10 Å². The lowest BCUT2D eigenvalue weighted by atomic mass is 9.99. The Bertz CT molecular complexity index is 1120. The van der Waals surface area contributed by atoms with E-state index < -0.39 is 12.2 Å². The average molecular weight is 427 g/mol. The molecule has 5 rings (SSSR count). The Balaban J connectivity index is 1.54. The minimum absolute atomic E-state index is 0.0210. The quantitative estimate of drug-likeness (QED) is 0.599. The maximum atomic E-state index is 13.0. The van der Waals surface area contributed by atoms with E-state index in [9.17, 15) is 9.90 Å². The van der Waals surface area contributed by atoms with E-state index in [4.69, 9.17) is 16.3 Å². The van der Waals surface area contributed by atoms with Gasteiger partial charge in [0.05, 0.1) is 6.10 Å². The van der Waals surface area contributed by atoms with E-state index in [2.05, 4.69) is 15.3 Å². The predicted octanol–water partition coefficient (Wildman–Crippen LogP) is 2.67. The molecule has 0 radical (unpaired) electrons. The normalized spacial score (nSPS) is 19.6. The summed E-state index contributed by atoms with van der Waals surface area (Å²) in [5.74, 6) is 0.716. The summed E-state index contributed by atoms with van der Waals surface area (Å²) in [7, 11) is 0. The van der Waals surface area contributed by atoms with Crippen LogP contribution in [0.2, 0.25) is 5.02 Å². The molecule has 0 saturated carbocycles. The van der Waals surface area contributed by atoms with E-state index in [1.807, 2.05) is 29.2 Å². The Morgan fingerprint density at radius 1 is 1.30 bits per heavy atom. The standard InChI is InChI=1S/C22H23ClN4O3/c1-12(28)18-11-17-15(2-3-25-21(17)26-18)16-10-14(23)8-13-9-19(30-20(13)16)22(29)27-6-4-24-5-7-27/h2-3,8,10-12,19,24,28H,4-7,9H2,1H3,(H,25,26)/t12?,19-/m1/s1. The lowest BCUT2D eigenvalue weighted by molar-refractivity contribution is -0.138. The molecule has 0 bridgehead atoms. The second kappa shape index (κ2) is 7.58. The number of hydrogen-bond acceptors (Lipinski definition) is 5. The number of nitrogens with one attached hydrogen (secondary N) is 2. The zero-order valence-corrected chi connectivity index (χ0v) is 17.4. The van der Waals surface area contributed by atoms with Crippen LogP contribution in [-0.2, 0) is 11.2 Å². The van der Waals surface area contributed by atoms with Gasteiger partial charge in [0.1, 0.15) is 11.4 Å². The van der Waals surface area contributed by atoms with Gasteiger partial charge in [-0.2, -0.15) is 0 Å². The van der Waals surface area contributed by atoms with Crippen molar-refractivity contribution in [2.75, 3.05) is 26.2 Å². The van der Waals surface area contributed by atoms with Crippen LogP contribution in [0.25, 0.3) is 22.2 Å². The summed E-state index contributed by atoms with van der Waals surface area (Å²) in [5, 5.41) is 14.7. The van der Waals surface area contributed by atoms with Gasteiger partial charge in [-0.05, 0) is 36.8 Å². The maximum Gasteiger partial charge on any atom is 0.264 e. The molecule has 0 spiro atoms. The van der Waals surface area contributed by atoms with Gasteiger partial charge in [0.25, 0.3) is 5.91 Å². The second-order valence-electron chi connectivity index (χ2n) is 7.85. The van der Waals surface area contributed by atoms with Crippen molar-refractivity contribution >= 4 is 28.5 Å². The molecule has 2 aromatic heterocycles. The number of aliphatic hydroxyl groups excluding tert-OH is 1. The lowest BCUT2D eigenvalue weighted by Gasteiger charge is -2.29. The fraction of sp³-hybridized carbons (Fsp3) is 0.364. The van der Waals surface area contributed by atoms with Crippen molar-refractivity contribution in [3.8, 4) is 16.9 Å². The number of aromatic amines is 1. The molecule has 1 saturated heterocycles. The van der Waals surface area contributed by atoms with Crippen LogP contribution in [0.15, 0.2) is 30.5 Å². The molecular weight excluding hydrogens is 404 g/mol. The molecule has 2 atom stereocenters. The monoisotopic (exact) mass is 426 g/mol. The molecule has 156 valence electrons. The molecule has 1 aromatic carbocycles. The molecule has 1 amide bonds. The fourth-order valence-corrected chi connectivity index (χ4v) is 4.50. The van der Waals surface area contributed by atoms with Gasteiger partial charge in [0.2, 0.25) is 0 Å². The number of H-pyrrole nitrogens is 1. The number of aromatic nitrogens is 2. The third-order valence-corrected chi connectivity index (χ3v) is 6.01. The number of fused-ring (bicyclic) bond motifs is 2. The van der Waals surface area contributed by atoms with Crippen LogP contribution in [-0.4, -0.2) is 58.2 Å². The van der Waals surface area contributed by atoms with Gasteiger partial charge in [0, 0.05) is 66.0 Å². The number of ether oxygens (including phenoxy) is 1. The SMILES string of the molecule is CC(O)c1cc2c(-c3cc(Cl)cc4c3O[C@@H](C(=O)N3CCNCC3)C4)ccnc2[nH]1. The molecule has 3 aromatic rings. The van der Waals surface area contributed by atoms with E-state index in [0.717, 1.165) is 35.2 Å². The molecular formula is C22H23ClN4O3. The topological polar surface area (TPSA) is 90.5 Å². The average Bonchev–Trinajstić information content (AvgIpc) is 3.37. The Morgan fingerprint density at radius 2 is 2.10 bits per heavy atom. The Hall–Kier alpha value is -2.61. The van der Waals surface area contributed by atoms with Crippen LogP contribution in [0.3, 0.4) is 0 Å². The largest absolute Gasteiger partial charge is 0.479 e. The van der Waals surface area contributed by atoms with Crippen molar-refractivity contribution in [2.45, 2.75) is 25.6 Å². The predicted molar refractivity (Wildman–Crippen MR) is 115 cm³/mol. The lowest BCUT2D eigenvalue weighted by Crippen LogP contribution is -2.50. The van der Waals surface area contributed by atoms with E-state index >= 15 is 0 Å². The summed E-state index contributed by atoms with van der Waals surface area (Å²) in [5.41, 5.74) is 4.04. The number of hydrogen-bond donors (Lipinski definition) is 3. The molecule has 7 nitrogen and oxygen atoms in total. The van der Waals surface area contributed by atoms with Crippen molar-refractivity contribution in [2.24, 2.45) is 0 Å². The summed E-state index contributed by atoms with van der Waals surface area (Å²) in [6.45, 7) is 4.70. The van der Waals surface area contributed by atoms with Crippen LogP contribution in [0.5, 0.6) is 5.75 Å². The van der Waals surface area contributed by atoms with E-state index in [1.165, 1.54) is 0 Å². The zero-order chi connectivity index (χ0) is 20.8. The van der Waals surface area contributed by atoms with Crippen molar-refractivity contribution in [3.63, 3.8) is 0 Å². The van der Waals surface area contributed by atoms with Crippen LogP contribution in [0, 0.1) is 0 Å². The third-order valence-electron chi connectivity index (χ3n) is 5.79. The summed E-state index contributed by atoms with van der Waals surface area (Å²) < 4.78 is 6.22. The van der Waals surface area contributed by atoms with Gasteiger partial charge in [-0.3, -0.25) is 4.79 Å². The highest BCUT2D eigenvalue weighted by molar-refractivity contribution is 6.31. The molecule has 1 fully saturated rings. The van der Waals surface area contributed by atoms with E-state index in [-0.39, 0.29) is 5.91 Å². The van der Waals surface area contributed by atoms with Gasteiger partial charge in [-0.15, -0.1) is 0 Å². The number of carbonyl (C=O) groups excluding carboxylic acids is 1. The molecule has 0 aliphatic carbocycles. The van der Waals surface area contributed by atoms with Crippen molar-refractivity contribution in [3.05, 3.63) is 46.7 Å². The Morgan fingerprint density at radius 3 is 2.87 bits per heavy atom. The number of nitrogens with zero attached hydrogens (tertiary/aromatic N) is 2. The number of amides is 1. The van der Waals surface area contributed by atoms with Crippen LogP contribution in [0.1, 0.15) is 24.3 Å². The first-order chi connectivity index (χ1) is 14.5. The zero-order valence-electron chi connectivity index (χ0n) is 16.6. The first kappa shape index (κ1) is 19.4. The molecule has 3 N–H and O–H groups in total.